The Kier molecular flexibility index (Phi) is 6.39. The van der Waals surface area contributed by atoms with Crippen molar-refractivity contribution in [2.45, 2.75) is 38.5 Å². The summed E-state index contributed by atoms with van der Waals surface area (Å²) < 4.78 is 33.1. The fraction of sp³-hybridized carbons (Fsp3) is 0.500. The Morgan fingerprint density at radius 2 is 2.14 bits per heavy atom. The first kappa shape index (κ1) is 21.5. The molecule has 0 spiro atoms. The van der Waals surface area contributed by atoms with E-state index in [-0.39, 0.29) is 36.1 Å². The van der Waals surface area contributed by atoms with Crippen molar-refractivity contribution in [2.75, 3.05) is 25.0 Å². The number of aromatic amines is 1. The molecule has 0 aliphatic carbocycles. The van der Waals surface area contributed by atoms with E-state index in [1.54, 1.807) is 32.3 Å². The van der Waals surface area contributed by atoms with Gasteiger partial charge >= 0.3 is 5.97 Å². The molecule has 9 nitrogen and oxygen atoms in total. The van der Waals surface area contributed by atoms with Crippen LogP contribution < -0.4 is 5.32 Å². The average molecular weight is 441 g/mol. The molecule has 0 unspecified atom stereocenters. The lowest BCUT2D eigenvalue weighted by Crippen LogP contribution is -2.44. The smallest absolute Gasteiger partial charge is 0.341 e. The predicted octanol–water partition coefficient (Wildman–Crippen LogP) is 2.30. The summed E-state index contributed by atoms with van der Waals surface area (Å²) in [6, 6.07) is 0. The summed E-state index contributed by atoms with van der Waals surface area (Å²) in [7, 11) is -3.99. The highest BCUT2D eigenvalue weighted by molar-refractivity contribution is 7.89. The molecule has 0 radical (unpaired) electrons. The van der Waals surface area contributed by atoms with E-state index in [0.717, 1.165) is 0 Å². The van der Waals surface area contributed by atoms with Gasteiger partial charge in [0, 0.05) is 36.1 Å². The second-order valence-corrected chi connectivity index (χ2v) is 9.60. The van der Waals surface area contributed by atoms with Crippen LogP contribution in [0.25, 0.3) is 0 Å². The Morgan fingerprint density at radius 1 is 1.38 bits per heavy atom. The van der Waals surface area contributed by atoms with Crippen LogP contribution in [0.3, 0.4) is 0 Å². The number of H-pyrrole nitrogens is 1. The van der Waals surface area contributed by atoms with E-state index in [0.29, 0.717) is 29.4 Å². The van der Waals surface area contributed by atoms with Crippen molar-refractivity contribution in [2.24, 2.45) is 5.92 Å². The van der Waals surface area contributed by atoms with Gasteiger partial charge in [-0.25, -0.2) is 18.2 Å². The summed E-state index contributed by atoms with van der Waals surface area (Å²) in [5, 5.41) is 4.97. The Labute approximate surface area is 173 Å². The van der Waals surface area contributed by atoms with Gasteiger partial charge in [0.15, 0.2) is 5.13 Å². The molecule has 1 atom stereocenters. The maximum atomic E-state index is 13.4. The Bertz CT molecular complexity index is 998. The Balaban J connectivity index is 1.86. The van der Waals surface area contributed by atoms with Crippen LogP contribution in [0.5, 0.6) is 0 Å². The fourth-order valence-electron chi connectivity index (χ4n) is 3.53. The number of piperidine rings is 1. The molecule has 2 aromatic rings. The van der Waals surface area contributed by atoms with Gasteiger partial charge in [-0.05, 0) is 33.6 Å². The van der Waals surface area contributed by atoms with Crippen LogP contribution in [0.15, 0.2) is 16.5 Å². The number of aryl methyl sites for hydroxylation is 2. The van der Waals surface area contributed by atoms with Gasteiger partial charge in [-0.1, -0.05) is 0 Å². The minimum Gasteiger partial charge on any atom is -0.462 e. The van der Waals surface area contributed by atoms with Gasteiger partial charge in [-0.2, -0.15) is 4.31 Å². The predicted molar refractivity (Wildman–Crippen MR) is 108 cm³/mol. The third-order valence-electron chi connectivity index (χ3n) is 4.81. The lowest BCUT2D eigenvalue weighted by Gasteiger charge is -2.31. The van der Waals surface area contributed by atoms with E-state index >= 15 is 0 Å². The number of esters is 1. The first-order chi connectivity index (χ1) is 13.8. The molecular weight excluding hydrogens is 416 g/mol. The lowest BCUT2D eigenvalue weighted by atomic mass is 9.99. The van der Waals surface area contributed by atoms with Crippen LogP contribution in [0.4, 0.5) is 5.13 Å². The first-order valence-electron chi connectivity index (χ1n) is 9.32. The number of carbonyl (C=O) groups excluding carboxylic acids is 2. The molecule has 1 amide bonds. The van der Waals surface area contributed by atoms with Gasteiger partial charge < -0.3 is 15.0 Å². The molecule has 2 aromatic heterocycles. The van der Waals surface area contributed by atoms with Crippen molar-refractivity contribution in [3.05, 3.63) is 28.5 Å². The molecule has 3 rings (SSSR count). The summed E-state index contributed by atoms with van der Waals surface area (Å²) in [6.07, 6.45) is 2.72. The number of carbonyl (C=O) groups is 2. The number of ether oxygens (including phenoxy) is 1. The molecule has 1 aliphatic heterocycles. The van der Waals surface area contributed by atoms with Crippen molar-refractivity contribution in [3.63, 3.8) is 0 Å². The van der Waals surface area contributed by atoms with Crippen LogP contribution in [0.1, 0.15) is 41.5 Å². The van der Waals surface area contributed by atoms with E-state index in [1.165, 1.54) is 15.6 Å². The van der Waals surface area contributed by atoms with Crippen LogP contribution in [-0.2, 0) is 19.6 Å². The molecule has 1 aliphatic rings. The molecule has 0 saturated carbocycles. The topological polar surface area (TPSA) is 121 Å². The number of rotatable bonds is 6. The minimum absolute atomic E-state index is 0.0266. The number of nitrogens with one attached hydrogen (secondary N) is 2. The molecule has 3 heterocycles. The SMILES string of the molecule is CCOC(=O)c1c(C)[nH]c(C)c1S(=O)(=O)N1CCC[C@H](C(=O)Nc2nccs2)C1. The molecule has 158 valence electrons. The number of aromatic nitrogens is 2. The van der Waals surface area contributed by atoms with Gasteiger partial charge in [0.2, 0.25) is 15.9 Å². The third-order valence-corrected chi connectivity index (χ3v) is 7.54. The third kappa shape index (κ3) is 4.36. The van der Waals surface area contributed by atoms with Crippen molar-refractivity contribution in [1.29, 1.82) is 0 Å². The van der Waals surface area contributed by atoms with Gasteiger partial charge in [0.1, 0.15) is 10.5 Å². The number of sulfonamides is 1. The summed E-state index contributed by atoms with van der Waals surface area (Å²) in [5.41, 5.74) is 0.841. The zero-order valence-corrected chi connectivity index (χ0v) is 18.2. The van der Waals surface area contributed by atoms with Crippen LogP contribution in [0, 0.1) is 19.8 Å². The second kappa shape index (κ2) is 8.64. The summed E-state index contributed by atoms with van der Waals surface area (Å²) in [5.74, 6) is -1.43. The van der Waals surface area contributed by atoms with Crippen molar-refractivity contribution < 1.29 is 22.7 Å². The van der Waals surface area contributed by atoms with Crippen LogP contribution in [-0.4, -0.2) is 54.3 Å². The van der Waals surface area contributed by atoms with Crippen molar-refractivity contribution >= 4 is 38.4 Å². The molecule has 1 fully saturated rings. The minimum atomic E-state index is -3.99. The number of anilines is 1. The van der Waals surface area contributed by atoms with Gasteiger partial charge in [-0.15, -0.1) is 11.3 Å². The maximum Gasteiger partial charge on any atom is 0.341 e. The zero-order chi connectivity index (χ0) is 21.2. The van der Waals surface area contributed by atoms with Gasteiger partial charge in [0.05, 0.1) is 12.5 Å². The van der Waals surface area contributed by atoms with E-state index in [4.69, 9.17) is 4.74 Å². The van der Waals surface area contributed by atoms with E-state index in [1.807, 2.05) is 0 Å². The van der Waals surface area contributed by atoms with E-state index < -0.39 is 21.9 Å². The van der Waals surface area contributed by atoms with E-state index in [2.05, 4.69) is 15.3 Å². The van der Waals surface area contributed by atoms with Crippen LogP contribution in [0.2, 0.25) is 0 Å². The largest absolute Gasteiger partial charge is 0.462 e. The monoisotopic (exact) mass is 440 g/mol. The highest BCUT2D eigenvalue weighted by atomic mass is 32.2. The second-order valence-electron chi connectivity index (χ2n) is 6.83. The van der Waals surface area contributed by atoms with Crippen LogP contribution >= 0.6 is 11.3 Å². The molecule has 2 N–H and O–H groups in total. The maximum absolute atomic E-state index is 13.4. The molecule has 29 heavy (non-hydrogen) atoms. The molecule has 11 heteroatoms. The first-order valence-corrected chi connectivity index (χ1v) is 11.6. The number of hydrogen-bond acceptors (Lipinski definition) is 7. The zero-order valence-electron chi connectivity index (χ0n) is 16.5. The van der Waals surface area contributed by atoms with Gasteiger partial charge in [-0.3, -0.25) is 4.79 Å². The lowest BCUT2D eigenvalue weighted by molar-refractivity contribution is -0.120. The molecule has 0 bridgehead atoms. The summed E-state index contributed by atoms with van der Waals surface area (Å²) in [6.45, 7) is 5.39. The molecule has 0 aromatic carbocycles. The number of thiazole rings is 1. The Hall–Kier alpha value is -2.24. The highest BCUT2D eigenvalue weighted by Crippen LogP contribution is 2.31. The van der Waals surface area contributed by atoms with Crippen molar-refractivity contribution in [3.8, 4) is 0 Å². The normalized spacial score (nSPS) is 17.8. The average Bonchev–Trinajstić information content (AvgIpc) is 3.29. The fourth-order valence-corrected chi connectivity index (χ4v) is 5.99. The van der Waals surface area contributed by atoms with Gasteiger partial charge in [0.25, 0.3) is 0 Å². The number of hydrogen-bond donors (Lipinski definition) is 2. The van der Waals surface area contributed by atoms with Crippen molar-refractivity contribution in [1.82, 2.24) is 14.3 Å². The summed E-state index contributed by atoms with van der Waals surface area (Å²) >= 11 is 1.30. The van der Waals surface area contributed by atoms with E-state index in [9.17, 15) is 18.0 Å². The standard InChI is InChI=1S/C18H24N4O5S2/c1-4-27-17(24)14-11(2)20-12(3)15(14)29(25,26)22-8-5-6-13(10-22)16(23)21-18-19-7-9-28-18/h7,9,13,20H,4-6,8,10H2,1-3H3,(H,19,21,23)/t13-/m0/s1. The number of nitrogens with zero attached hydrogens (tertiary/aromatic N) is 2. The number of amides is 1. The highest BCUT2D eigenvalue weighted by Gasteiger charge is 2.38. The summed E-state index contributed by atoms with van der Waals surface area (Å²) in [4.78, 5) is 31.8. The molecule has 1 saturated heterocycles. The quantitative estimate of drug-likeness (QED) is 0.665. The Morgan fingerprint density at radius 3 is 2.79 bits per heavy atom. The molecular formula is C18H24N4O5S2.